The Bertz CT molecular complexity index is 799. The second-order valence-corrected chi connectivity index (χ2v) is 4.39. The number of rotatable bonds is 2. The zero-order chi connectivity index (χ0) is 14.1. The van der Waals surface area contributed by atoms with Gasteiger partial charge in [-0.1, -0.05) is 18.6 Å². The summed E-state index contributed by atoms with van der Waals surface area (Å²) in [6.45, 7) is 1.89. The summed E-state index contributed by atoms with van der Waals surface area (Å²) in [7, 11) is 1.71. The first-order valence-corrected chi connectivity index (χ1v) is 6.08. The molecule has 0 unspecified atom stereocenters. The molecule has 0 fully saturated rings. The largest absolute Gasteiger partial charge is 0.301 e. The minimum atomic E-state index is -0.236. The third-order valence-electron chi connectivity index (χ3n) is 3.15. The van der Waals surface area contributed by atoms with Gasteiger partial charge in [0.05, 0.1) is 0 Å². The van der Waals surface area contributed by atoms with Crippen LogP contribution in [0.5, 0.6) is 0 Å². The number of nitrogens with zero attached hydrogens (tertiary/aromatic N) is 4. The van der Waals surface area contributed by atoms with Crippen molar-refractivity contribution in [3.8, 4) is 0 Å². The minimum absolute atomic E-state index is 0. The Morgan fingerprint density at radius 2 is 2.19 bits per heavy atom. The van der Waals surface area contributed by atoms with Crippen LogP contribution in [0.4, 0.5) is 5.95 Å². The molecule has 106 valence electrons. The van der Waals surface area contributed by atoms with Crippen molar-refractivity contribution in [2.75, 3.05) is 5.32 Å². The van der Waals surface area contributed by atoms with Gasteiger partial charge >= 0.3 is 0 Å². The van der Waals surface area contributed by atoms with Crippen LogP contribution in [0.3, 0.4) is 0 Å². The predicted molar refractivity (Wildman–Crippen MR) is 74.3 cm³/mol. The Morgan fingerprint density at radius 1 is 1.38 bits per heavy atom. The van der Waals surface area contributed by atoms with Gasteiger partial charge in [-0.05, 0) is 5.52 Å². The van der Waals surface area contributed by atoms with Gasteiger partial charge in [-0.3, -0.25) is 9.78 Å². The van der Waals surface area contributed by atoms with Crippen molar-refractivity contribution < 1.29 is 25.9 Å². The summed E-state index contributed by atoms with van der Waals surface area (Å²) in [6, 6.07) is 8.43. The third kappa shape index (κ3) is 2.85. The number of benzene rings is 1. The van der Waals surface area contributed by atoms with Crippen LogP contribution < -0.4 is 5.32 Å². The Hall–Kier alpha value is -2.07. The minimum Gasteiger partial charge on any atom is -0.301 e. The molecule has 2 aromatic heterocycles. The van der Waals surface area contributed by atoms with Crippen molar-refractivity contribution >= 4 is 22.8 Å². The van der Waals surface area contributed by atoms with Gasteiger partial charge in [-0.25, -0.2) is 4.68 Å². The molecule has 0 aliphatic heterocycles. The number of aryl methyl sites for hydroxylation is 2. The van der Waals surface area contributed by atoms with E-state index in [2.05, 4.69) is 26.4 Å². The summed E-state index contributed by atoms with van der Waals surface area (Å²) < 4.78 is 1.50. The fourth-order valence-corrected chi connectivity index (χ4v) is 2.03. The summed E-state index contributed by atoms with van der Waals surface area (Å²) >= 11 is 0. The number of nitrogens with one attached hydrogen (secondary N) is 1. The van der Waals surface area contributed by atoms with E-state index in [1.165, 1.54) is 11.0 Å². The summed E-state index contributed by atoms with van der Waals surface area (Å²) in [4.78, 5) is 20.5. The molecule has 7 heteroatoms. The maximum absolute atomic E-state index is 12.3. The average molecular weight is 450 g/mol. The van der Waals surface area contributed by atoms with E-state index in [1.807, 2.05) is 19.1 Å². The molecule has 21 heavy (non-hydrogen) atoms. The Morgan fingerprint density at radius 3 is 2.90 bits per heavy atom. The SMILES string of the molecule is Cc1c(C(=O)Nc2ncnn2C)c[c-]c2ncccc12.[W]. The van der Waals surface area contributed by atoms with E-state index in [1.54, 1.807) is 19.3 Å². The fourth-order valence-electron chi connectivity index (χ4n) is 2.03. The number of amides is 1. The molecule has 3 rings (SSSR count). The van der Waals surface area contributed by atoms with E-state index in [-0.39, 0.29) is 27.0 Å². The number of hydrogen-bond donors (Lipinski definition) is 1. The molecule has 1 N–H and O–H groups in total. The van der Waals surface area contributed by atoms with Gasteiger partial charge in [0.1, 0.15) is 6.33 Å². The normalized spacial score (nSPS) is 10.2. The maximum Gasteiger partial charge on any atom is 0.226 e. The molecule has 0 radical (unpaired) electrons. The molecule has 3 aromatic rings. The summed E-state index contributed by atoms with van der Waals surface area (Å²) in [6.07, 6.45) is 3.09. The number of hydrogen-bond acceptors (Lipinski definition) is 4. The number of pyridine rings is 1. The third-order valence-corrected chi connectivity index (χ3v) is 3.15. The van der Waals surface area contributed by atoms with Gasteiger partial charge in [0.2, 0.25) is 11.9 Å². The summed E-state index contributed by atoms with van der Waals surface area (Å²) in [5, 5.41) is 7.55. The van der Waals surface area contributed by atoms with E-state index in [4.69, 9.17) is 0 Å². The first-order chi connectivity index (χ1) is 9.66. The molecule has 2 heterocycles. The van der Waals surface area contributed by atoms with E-state index in [9.17, 15) is 4.79 Å². The van der Waals surface area contributed by atoms with Crippen molar-refractivity contribution in [3.63, 3.8) is 0 Å². The smallest absolute Gasteiger partial charge is 0.226 e. The van der Waals surface area contributed by atoms with Gasteiger partial charge in [-0.2, -0.15) is 22.2 Å². The average Bonchev–Trinajstić information content (AvgIpc) is 2.85. The molecule has 0 aliphatic rings. The molecule has 0 atom stereocenters. The monoisotopic (exact) mass is 450 g/mol. The van der Waals surface area contributed by atoms with Crippen molar-refractivity contribution in [1.29, 1.82) is 0 Å². The Kier molecular flexibility index (Phi) is 4.48. The van der Waals surface area contributed by atoms with Crippen molar-refractivity contribution in [2.24, 2.45) is 7.05 Å². The Labute approximate surface area is 135 Å². The van der Waals surface area contributed by atoms with Crippen molar-refractivity contribution in [2.45, 2.75) is 6.92 Å². The first-order valence-electron chi connectivity index (χ1n) is 6.08. The van der Waals surface area contributed by atoms with Crippen LogP contribution in [0, 0.1) is 13.0 Å². The van der Waals surface area contributed by atoms with E-state index in [0.717, 1.165) is 16.5 Å². The number of aromatic nitrogens is 4. The molecule has 0 aliphatic carbocycles. The zero-order valence-electron chi connectivity index (χ0n) is 11.5. The maximum atomic E-state index is 12.3. The fraction of sp³-hybridized carbons (Fsp3) is 0.143. The van der Waals surface area contributed by atoms with Crippen LogP contribution in [0.25, 0.3) is 10.9 Å². The Balaban J connectivity index is 0.00000161. The number of carbonyl (C=O) groups excluding carboxylic acids is 1. The van der Waals surface area contributed by atoms with Gasteiger partial charge < -0.3 is 5.32 Å². The number of carbonyl (C=O) groups is 1. The number of fused-ring (bicyclic) bond motifs is 1. The van der Waals surface area contributed by atoms with Crippen molar-refractivity contribution in [3.05, 3.63) is 47.9 Å². The van der Waals surface area contributed by atoms with Crippen LogP contribution in [-0.4, -0.2) is 25.7 Å². The molecule has 6 nitrogen and oxygen atoms in total. The molecule has 1 aromatic carbocycles. The van der Waals surface area contributed by atoms with Crippen LogP contribution in [-0.2, 0) is 28.1 Å². The first kappa shape index (κ1) is 15.3. The van der Waals surface area contributed by atoms with Gasteiger partial charge in [-0.15, -0.1) is 17.0 Å². The second-order valence-electron chi connectivity index (χ2n) is 4.39. The molecule has 0 spiro atoms. The van der Waals surface area contributed by atoms with E-state index < -0.39 is 0 Å². The standard InChI is InChI=1S/C14H12N5O.W/c1-9-10-4-3-7-15-12(10)6-5-11(9)13(20)18-14-16-8-17-19(14)2;/h3-5,7-8H,1-2H3,(H,16,17,18,20);/q-1;. The van der Waals surface area contributed by atoms with Crippen LogP contribution in [0.1, 0.15) is 15.9 Å². The molecule has 0 saturated carbocycles. The topological polar surface area (TPSA) is 72.7 Å². The predicted octanol–water partition coefficient (Wildman–Crippen LogP) is 1.72. The zero-order valence-corrected chi connectivity index (χ0v) is 14.4. The van der Waals surface area contributed by atoms with E-state index in [0.29, 0.717) is 11.5 Å². The van der Waals surface area contributed by atoms with Gasteiger partial charge in [0.15, 0.2) is 0 Å². The van der Waals surface area contributed by atoms with Gasteiger partial charge in [0.25, 0.3) is 0 Å². The summed E-state index contributed by atoms with van der Waals surface area (Å²) in [5.41, 5.74) is 2.17. The van der Waals surface area contributed by atoms with Gasteiger partial charge in [0, 0.05) is 34.3 Å². The van der Waals surface area contributed by atoms with Crippen LogP contribution >= 0.6 is 0 Å². The molecular weight excluding hydrogens is 438 g/mol. The quantitative estimate of drug-likeness (QED) is 0.604. The molecule has 1 amide bonds. The molecule has 0 bridgehead atoms. The number of anilines is 1. The summed E-state index contributed by atoms with van der Waals surface area (Å²) in [5.74, 6) is 0.168. The van der Waals surface area contributed by atoms with E-state index >= 15 is 0 Å². The molecular formula is C14H12N5OW-. The second kappa shape index (κ2) is 6.14. The molecule has 0 saturated heterocycles. The van der Waals surface area contributed by atoms with Crippen molar-refractivity contribution in [1.82, 2.24) is 19.7 Å². The van der Waals surface area contributed by atoms with Crippen LogP contribution in [0.2, 0.25) is 0 Å². The van der Waals surface area contributed by atoms with Crippen LogP contribution in [0.15, 0.2) is 30.7 Å².